The smallest absolute Gasteiger partial charge is 0.298 e. The fraction of sp³-hybridized carbons (Fsp3) is 0.250. The van der Waals surface area contributed by atoms with Gasteiger partial charge in [0.15, 0.2) is 6.29 Å². The Bertz CT molecular complexity index is 532. The molecule has 0 aromatic heterocycles. The minimum Gasteiger partial charge on any atom is -0.298 e. The van der Waals surface area contributed by atoms with E-state index in [1.807, 2.05) is 0 Å². The van der Waals surface area contributed by atoms with Gasteiger partial charge in [0.25, 0.3) is 0 Å². The Morgan fingerprint density at radius 2 is 2.05 bits per heavy atom. The predicted molar refractivity (Wildman–Crippen MR) is 64.5 cm³/mol. The fourth-order valence-electron chi connectivity index (χ4n) is 1.39. The molecular formula is C12H10F3N3O. The summed E-state index contributed by atoms with van der Waals surface area (Å²) in [6.07, 6.45) is -0.607. The number of azide groups is 1. The molecule has 0 saturated heterocycles. The molecule has 0 aliphatic rings. The number of hydrogen-bond acceptors (Lipinski definition) is 2. The minimum absolute atomic E-state index is 0.174. The second kappa shape index (κ2) is 6.61. The number of alkyl halides is 3. The van der Waals surface area contributed by atoms with Gasteiger partial charge in [-0.2, -0.15) is 13.2 Å². The van der Waals surface area contributed by atoms with E-state index in [1.54, 1.807) is 6.08 Å². The van der Waals surface area contributed by atoms with Gasteiger partial charge in [-0.1, -0.05) is 23.3 Å². The molecule has 0 aliphatic heterocycles. The van der Waals surface area contributed by atoms with E-state index < -0.39 is 11.7 Å². The van der Waals surface area contributed by atoms with Crippen molar-refractivity contribution in [1.29, 1.82) is 0 Å². The van der Waals surface area contributed by atoms with Gasteiger partial charge in [-0.25, -0.2) is 0 Å². The molecule has 100 valence electrons. The van der Waals surface area contributed by atoms with E-state index in [4.69, 9.17) is 5.53 Å². The van der Waals surface area contributed by atoms with Crippen molar-refractivity contribution >= 4 is 12.4 Å². The quantitative estimate of drug-likeness (QED) is 0.259. The van der Waals surface area contributed by atoms with Crippen molar-refractivity contribution in [2.45, 2.75) is 12.6 Å². The monoisotopic (exact) mass is 269 g/mol. The van der Waals surface area contributed by atoms with Crippen LogP contribution in [0.25, 0.3) is 16.5 Å². The van der Waals surface area contributed by atoms with Gasteiger partial charge in [-0.05, 0) is 29.6 Å². The lowest BCUT2D eigenvalue weighted by molar-refractivity contribution is -0.137. The first-order valence-corrected chi connectivity index (χ1v) is 5.33. The van der Waals surface area contributed by atoms with Crippen LogP contribution in [-0.4, -0.2) is 12.8 Å². The van der Waals surface area contributed by atoms with Crippen LogP contribution >= 0.6 is 0 Å². The molecule has 0 unspecified atom stereocenters. The summed E-state index contributed by atoms with van der Waals surface area (Å²) in [5, 5.41) is 3.28. The van der Waals surface area contributed by atoms with Crippen LogP contribution in [0.1, 0.15) is 27.9 Å². The predicted octanol–water partition coefficient (Wildman–Crippen LogP) is 4.23. The van der Waals surface area contributed by atoms with Crippen LogP contribution in [0.2, 0.25) is 0 Å². The van der Waals surface area contributed by atoms with Crippen molar-refractivity contribution in [2.75, 3.05) is 6.54 Å². The average Bonchev–Trinajstić information content (AvgIpc) is 2.37. The van der Waals surface area contributed by atoms with Gasteiger partial charge in [0.2, 0.25) is 0 Å². The van der Waals surface area contributed by atoms with Gasteiger partial charge in [0.1, 0.15) is 0 Å². The Kier molecular flexibility index (Phi) is 5.14. The van der Waals surface area contributed by atoms with Crippen LogP contribution in [0, 0.1) is 0 Å². The summed E-state index contributed by atoms with van der Waals surface area (Å²) < 4.78 is 37.6. The fourth-order valence-corrected chi connectivity index (χ4v) is 1.39. The van der Waals surface area contributed by atoms with E-state index in [-0.39, 0.29) is 17.7 Å². The standard InChI is InChI=1S/C12H10F3N3O/c13-12(14,15)11-5-4-10(8-19)9(7-11)3-1-2-6-17-18-16/h1,3-5,7-8H,2,6H2. The maximum atomic E-state index is 12.5. The summed E-state index contributed by atoms with van der Waals surface area (Å²) in [5.74, 6) is 0. The Balaban J connectivity index is 2.96. The lowest BCUT2D eigenvalue weighted by Crippen LogP contribution is -2.05. The maximum absolute atomic E-state index is 12.5. The maximum Gasteiger partial charge on any atom is 0.416 e. The van der Waals surface area contributed by atoms with Gasteiger partial charge in [0.05, 0.1) is 5.56 Å². The van der Waals surface area contributed by atoms with Gasteiger partial charge in [-0.3, -0.25) is 4.79 Å². The zero-order valence-electron chi connectivity index (χ0n) is 9.76. The van der Waals surface area contributed by atoms with Crippen molar-refractivity contribution in [3.63, 3.8) is 0 Å². The number of halogens is 3. The first kappa shape index (κ1) is 14.8. The molecule has 0 saturated carbocycles. The van der Waals surface area contributed by atoms with Crippen LogP contribution in [0.15, 0.2) is 29.4 Å². The van der Waals surface area contributed by atoms with Gasteiger partial charge in [-0.15, -0.1) is 0 Å². The van der Waals surface area contributed by atoms with Crippen LogP contribution in [-0.2, 0) is 6.18 Å². The molecule has 19 heavy (non-hydrogen) atoms. The molecule has 1 rings (SSSR count). The molecule has 0 aliphatic carbocycles. The summed E-state index contributed by atoms with van der Waals surface area (Å²) in [7, 11) is 0. The molecule has 0 spiro atoms. The van der Waals surface area contributed by atoms with E-state index in [2.05, 4.69) is 10.0 Å². The lowest BCUT2D eigenvalue weighted by atomic mass is 10.0. The Morgan fingerprint density at radius 1 is 1.32 bits per heavy atom. The second-order valence-electron chi connectivity index (χ2n) is 3.60. The highest BCUT2D eigenvalue weighted by molar-refractivity contribution is 5.82. The molecule has 1 aromatic carbocycles. The number of aldehydes is 1. The third-order valence-electron chi connectivity index (χ3n) is 2.30. The first-order chi connectivity index (χ1) is 8.99. The molecule has 4 nitrogen and oxygen atoms in total. The molecule has 0 atom stereocenters. The summed E-state index contributed by atoms with van der Waals surface area (Å²) in [6.45, 7) is 0.211. The van der Waals surface area contributed by atoms with Crippen molar-refractivity contribution in [3.05, 3.63) is 51.4 Å². The van der Waals surface area contributed by atoms with Gasteiger partial charge in [0, 0.05) is 17.0 Å². The van der Waals surface area contributed by atoms with E-state index in [0.717, 1.165) is 18.2 Å². The number of hydrogen-bond donors (Lipinski definition) is 0. The summed E-state index contributed by atoms with van der Waals surface area (Å²) >= 11 is 0. The van der Waals surface area contributed by atoms with E-state index in [0.29, 0.717) is 12.7 Å². The van der Waals surface area contributed by atoms with E-state index >= 15 is 0 Å². The van der Waals surface area contributed by atoms with Crippen LogP contribution in [0.3, 0.4) is 0 Å². The zero-order chi connectivity index (χ0) is 14.3. The molecule has 7 heteroatoms. The molecule has 0 N–H and O–H groups in total. The Labute approximate surface area is 107 Å². The number of nitrogens with zero attached hydrogens (tertiary/aromatic N) is 3. The highest BCUT2D eigenvalue weighted by atomic mass is 19.4. The highest BCUT2D eigenvalue weighted by Crippen LogP contribution is 2.30. The topological polar surface area (TPSA) is 65.8 Å². The largest absolute Gasteiger partial charge is 0.416 e. The van der Waals surface area contributed by atoms with Crippen molar-refractivity contribution in [1.82, 2.24) is 0 Å². The average molecular weight is 269 g/mol. The zero-order valence-corrected chi connectivity index (χ0v) is 9.76. The van der Waals surface area contributed by atoms with Crippen molar-refractivity contribution < 1.29 is 18.0 Å². The van der Waals surface area contributed by atoms with Crippen LogP contribution in [0.4, 0.5) is 13.2 Å². The third-order valence-corrected chi connectivity index (χ3v) is 2.30. The lowest BCUT2D eigenvalue weighted by Gasteiger charge is -2.08. The van der Waals surface area contributed by atoms with Crippen molar-refractivity contribution in [3.8, 4) is 0 Å². The number of carbonyl (C=O) groups excluding carboxylic acids is 1. The highest BCUT2D eigenvalue weighted by Gasteiger charge is 2.30. The van der Waals surface area contributed by atoms with E-state index in [9.17, 15) is 18.0 Å². The van der Waals surface area contributed by atoms with Crippen LogP contribution in [0.5, 0.6) is 0 Å². The summed E-state index contributed by atoms with van der Waals surface area (Å²) in [5.41, 5.74) is 7.60. The van der Waals surface area contributed by atoms with E-state index in [1.165, 1.54) is 6.08 Å². The molecule has 1 aromatic rings. The Hall–Kier alpha value is -2.27. The molecular weight excluding hydrogens is 259 g/mol. The van der Waals surface area contributed by atoms with Gasteiger partial charge < -0.3 is 0 Å². The van der Waals surface area contributed by atoms with Gasteiger partial charge >= 0.3 is 6.18 Å². The summed E-state index contributed by atoms with van der Waals surface area (Å²) in [6, 6.07) is 2.90. The SMILES string of the molecule is [N-]=[N+]=NCCC=Cc1cc(C(F)(F)F)ccc1C=O. The molecule has 0 amide bonds. The molecule has 0 radical (unpaired) electrons. The minimum atomic E-state index is -4.45. The first-order valence-electron chi connectivity index (χ1n) is 5.33. The normalized spacial score (nSPS) is 11.3. The number of rotatable bonds is 5. The number of carbonyl (C=O) groups is 1. The summed E-state index contributed by atoms with van der Waals surface area (Å²) in [4.78, 5) is 13.3. The Morgan fingerprint density at radius 3 is 2.63 bits per heavy atom. The third kappa shape index (κ3) is 4.48. The van der Waals surface area contributed by atoms with Crippen molar-refractivity contribution in [2.24, 2.45) is 5.11 Å². The molecule has 0 heterocycles. The van der Waals surface area contributed by atoms with Crippen LogP contribution < -0.4 is 0 Å². The molecule has 0 fully saturated rings. The number of benzene rings is 1. The molecule has 0 bridgehead atoms. The second-order valence-corrected chi connectivity index (χ2v) is 3.60.